The predicted octanol–water partition coefficient (Wildman–Crippen LogP) is 5.23. The van der Waals surface area contributed by atoms with E-state index in [1.807, 2.05) is 0 Å². The van der Waals surface area contributed by atoms with E-state index in [1.165, 1.54) is 32.8 Å². The minimum atomic E-state index is 0.768. The highest BCUT2D eigenvalue weighted by Gasteiger charge is 2.16. The van der Waals surface area contributed by atoms with E-state index in [9.17, 15) is 0 Å². The summed E-state index contributed by atoms with van der Waals surface area (Å²) in [4.78, 5) is 7.34. The first-order valence-corrected chi connectivity index (χ1v) is 10.6. The molecule has 4 heteroatoms. The van der Waals surface area contributed by atoms with Crippen LogP contribution >= 0.6 is 0 Å². The van der Waals surface area contributed by atoms with Gasteiger partial charge in [-0.3, -0.25) is 0 Å². The quantitative estimate of drug-likeness (QED) is 0.421. The highest BCUT2D eigenvalue weighted by Crippen LogP contribution is 2.35. The minimum absolute atomic E-state index is 0.768. The summed E-state index contributed by atoms with van der Waals surface area (Å²) < 4.78 is 7.94. The third-order valence-electron chi connectivity index (χ3n) is 6.10. The summed E-state index contributed by atoms with van der Waals surface area (Å²) in [6.07, 6.45) is 0. The largest absolute Gasteiger partial charge is 0.378 e. The van der Waals surface area contributed by atoms with Crippen molar-refractivity contribution in [2.24, 2.45) is 0 Å². The van der Waals surface area contributed by atoms with Gasteiger partial charge in [0, 0.05) is 41.3 Å². The summed E-state index contributed by atoms with van der Waals surface area (Å²) in [6.45, 7) is 4.17. The van der Waals surface area contributed by atoms with Crippen molar-refractivity contribution in [2.75, 3.05) is 31.2 Å². The van der Waals surface area contributed by atoms with Crippen molar-refractivity contribution in [2.45, 2.75) is 6.54 Å². The molecular weight excluding hydrogens is 370 g/mol. The van der Waals surface area contributed by atoms with Crippen molar-refractivity contribution in [1.82, 2.24) is 9.55 Å². The Morgan fingerprint density at radius 2 is 1.50 bits per heavy atom. The minimum Gasteiger partial charge on any atom is -0.378 e. The molecule has 0 atom stereocenters. The second kappa shape index (κ2) is 7.15. The zero-order chi connectivity index (χ0) is 19.9. The van der Waals surface area contributed by atoms with Crippen molar-refractivity contribution in [3.63, 3.8) is 0 Å². The van der Waals surface area contributed by atoms with Gasteiger partial charge in [-0.25, -0.2) is 4.98 Å². The number of hydrogen-bond donors (Lipinski definition) is 0. The molecule has 2 aromatic heterocycles. The number of nitrogens with zero attached hydrogens (tertiary/aromatic N) is 3. The molecule has 3 heterocycles. The predicted molar refractivity (Wildman–Crippen MR) is 123 cm³/mol. The smallest absolute Gasteiger partial charge is 0.129 e. The molecule has 0 aliphatic carbocycles. The lowest BCUT2D eigenvalue weighted by atomic mass is 10.1. The molecule has 0 bridgehead atoms. The maximum absolute atomic E-state index is 5.50. The topological polar surface area (TPSA) is 30.3 Å². The highest BCUT2D eigenvalue weighted by atomic mass is 16.5. The molecule has 5 aromatic rings. The normalized spacial score (nSPS) is 14.7. The van der Waals surface area contributed by atoms with E-state index in [-0.39, 0.29) is 0 Å². The summed E-state index contributed by atoms with van der Waals surface area (Å²) in [5, 5.41) is 3.79. The fourth-order valence-corrected chi connectivity index (χ4v) is 4.64. The number of fused-ring (bicyclic) bond motifs is 5. The van der Waals surface area contributed by atoms with Crippen LogP contribution in [-0.4, -0.2) is 35.9 Å². The van der Waals surface area contributed by atoms with Crippen LogP contribution in [0.25, 0.3) is 32.7 Å². The summed E-state index contributed by atoms with van der Waals surface area (Å²) in [5.74, 6) is 1.04. The second-order valence-electron chi connectivity index (χ2n) is 7.89. The average molecular weight is 393 g/mol. The third-order valence-corrected chi connectivity index (χ3v) is 6.10. The number of hydrogen-bond acceptors (Lipinski definition) is 3. The van der Waals surface area contributed by atoms with Crippen LogP contribution < -0.4 is 4.90 Å². The molecule has 6 rings (SSSR count). The van der Waals surface area contributed by atoms with Crippen LogP contribution in [0, 0.1) is 0 Å². The monoisotopic (exact) mass is 393 g/mol. The van der Waals surface area contributed by atoms with E-state index in [0.29, 0.717) is 0 Å². The van der Waals surface area contributed by atoms with Crippen molar-refractivity contribution in [3.05, 3.63) is 84.4 Å². The van der Waals surface area contributed by atoms with Gasteiger partial charge in [-0.15, -0.1) is 0 Å². The van der Waals surface area contributed by atoms with Gasteiger partial charge in [0.15, 0.2) is 0 Å². The lowest BCUT2D eigenvalue weighted by Crippen LogP contribution is -2.36. The molecule has 4 nitrogen and oxygen atoms in total. The maximum atomic E-state index is 5.50. The number of para-hydroxylation sites is 1. The first kappa shape index (κ1) is 17.5. The first-order valence-electron chi connectivity index (χ1n) is 10.6. The molecule has 0 saturated carbocycles. The Balaban J connectivity index is 1.58. The molecule has 0 amide bonds. The highest BCUT2D eigenvalue weighted by molar-refractivity contribution is 6.17. The van der Waals surface area contributed by atoms with Gasteiger partial charge in [-0.2, -0.15) is 0 Å². The fraction of sp³-hybridized carbons (Fsp3) is 0.192. The van der Waals surface area contributed by atoms with E-state index < -0.39 is 0 Å². The molecule has 0 N–H and O–H groups in total. The number of morpholine rings is 1. The van der Waals surface area contributed by atoms with Gasteiger partial charge in [0.25, 0.3) is 0 Å². The molecule has 3 aromatic carbocycles. The zero-order valence-corrected chi connectivity index (χ0v) is 16.8. The van der Waals surface area contributed by atoms with E-state index >= 15 is 0 Å². The third kappa shape index (κ3) is 2.84. The van der Waals surface area contributed by atoms with E-state index in [1.54, 1.807) is 0 Å². The van der Waals surface area contributed by atoms with Gasteiger partial charge in [0.1, 0.15) is 5.82 Å². The number of pyridine rings is 1. The fourth-order valence-electron chi connectivity index (χ4n) is 4.64. The van der Waals surface area contributed by atoms with E-state index in [0.717, 1.165) is 44.2 Å². The molecule has 1 aliphatic rings. The number of benzene rings is 3. The van der Waals surface area contributed by atoms with E-state index in [4.69, 9.17) is 9.72 Å². The standard InChI is InChI=1S/C26H23N3O/c1-2-6-19(7-3-1)18-29-24-9-5-4-8-20(24)21-10-12-23-22(26(21)29)11-13-25(27-23)28-14-16-30-17-15-28/h1-13H,14-18H2. The van der Waals surface area contributed by atoms with Crippen LogP contribution in [0.2, 0.25) is 0 Å². The van der Waals surface area contributed by atoms with Crippen molar-refractivity contribution >= 4 is 38.5 Å². The lowest BCUT2D eigenvalue weighted by Gasteiger charge is -2.28. The van der Waals surface area contributed by atoms with Gasteiger partial charge in [0.2, 0.25) is 0 Å². The molecule has 1 fully saturated rings. The lowest BCUT2D eigenvalue weighted by molar-refractivity contribution is 0.122. The van der Waals surface area contributed by atoms with Crippen LogP contribution in [0.15, 0.2) is 78.9 Å². The molecule has 148 valence electrons. The van der Waals surface area contributed by atoms with Crippen LogP contribution in [-0.2, 0) is 11.3 Å². The van der Waals surface area contributed by atoms with Crippen molar-refractivity contribution in [1.29, 1.82) is 0 Å². The Kier molecular flexibility index (Phi) is 4.17. The maximum Gasteiger partial charge on any atom is 0.129 e. The summed E-state index contributed by atoms with van der Waals surface area (Å²) in [7, 11) is 0. The van der Waals surface area contributed by atoms with Crippen LogP contribution in [0.5, 0.6) is 0 Å². The Morgan fingerprint density at radius 3 is 2.37 bits per heavy atom. The SMILES string of the molecule is c1ccc(Cn2c3ccccc3c3ccc4nc(N5CCOCC5)ccc4c32)cc1. The first-order chi connectivity index (χ1) is 14.9. The molecule has 0 unspecified atom stereocenters. The number of rotatable bonds is 3. The average Bonchev–Trinajstić information content (AvgIpc) is 3.14. The summed E-state index contributed by atoms with van der Waals surface area (Å²) >= 11 is 0. The van der Waals surface area contributed by atoms with Gasteiger partial charge in [-0.1, -0.05) is 54.6 Å². The molecule has 0 radical (unpaired) electrons. The molecule has 30 heavy (non-hydrogen) atoms. The van der Waals surface area contributed by atoms with Gasteiger partial charge < -0.3 is 14.2 Å². The Bertz CT molecular complexity index is 1350. The number of aromatic nitrogens is 2. The summed E-state index contributed by atoms with van der Waals surface area (Å²) in [5.41, 5.74) is 4.87. The Hall–Kier alpha value is -3.37. The molecule has 0 spiro atoms. The molecule has 1 aliphatic heterocycles. The number of anilines is 1. The summed E-state index contributed by atoms with van der Waals surface area (Å²) in [6, 6.07) is 28.2. The van der Waals surface area contributed by atoms with Crippen molar-refractivity contribution in [3.8, 4) is 0 Å². The van der Waals surface area contributed by atoms with Crippen LogP contribution in [0.4, 0.5) is 5.82 Å². The Labute approximate surface area is 175 Å². The van der Waals surface area contributed by atoms with Crippen molar-refractivity contribution < 1.29 is 4.74 Å². The zero-order valence-electron chi connectivity index (χ0n) is 16.8. The van der Waals surface area contributed by atoms with Gasteiger partial charge in [-0.05, 0) is 29.8 Å². The number of ether oxygens (including phenoxy) is 1. The second-order valence-corrected chi connectivity index (χ2v) is 7.89. The molecule has 1 saturated heterocycles. The molecular formula is C26H23N3O. The van der Waals surface area contributed by atoms with Crippen LogP contribution in [0.3, 0.4) is 0 Å². The van der Waals surface area contributed by atoms with Gasteiger partial charge >= 0.3 is 0 Å². The Morgan fingerprint density at radius 1 is 0.733 bits per heavy atom. The van der Waals surface area contributed by atoms with Crippen LogP contribution in [0.1, 0.15) is 5.56 Å². The van der Waals surface area contributed by atoms with Gasteiger partial charge in [0.05, 0.1) is 24.2 Å². The van der Waals surface area contributed by atoms with E-state index in [2.05, 4.69) is 88.3 Å².